The van der Waals surface area contributed by atoms with E-state index < -0.39 is 0 Å². The second-order valence-corrected chi connectivity index (χ2v) is 6.95. The Kier molecular flexibility index (Phi) is 3.33. The topological polar surface area (TPSA) is 6.48 Å². The molecule has 2 rings (SSSR count). The van der Waals surface area contributed by atoms with Crippen molar-refractivity contribution in [2.45, 2.75) is 65.1 Å². The first-order valence-corrected chi connectivity index (χ1v) is 6.88. The first kappa shape index (κ1) is 12.4. The summed E-state index contributed by atoms with van der Waals surface area (Å²) in [5, 5.41) is 0. The van der Waals surface area contributed by atoms with Crippen LogP contribution in [0.15, 0.2) is 0 Å². The summed E-state index contributed by atoms with van der Waals surface area (Å²) in [5.41, 5.74) is 0.333. The Balaban J connectivity index is 1.96. The maximum Gasteiger partial charge on any atom is 0.0238 e. The molecule has 2 fully saturated rings. The summed E-state index contributed by atoms with van der Waals surface area (Å²) in [6.07, 6.45) is 2.77. The molecule has 0 aliphatic carbocycles. The van der Waals surface area contributed by atoms with Gasteiger partial charge in [0, 0.05) is 30.7 Å². The SMILES string of the molecule is CC1CCN(C2C[C@H](C)N(C(C)(C)C)C2)C1. The Morgan fingerprint density at radius 3 is 2.19 bits per heavy atom. The van der Waals surface area contributed by atoms with Gasteiger partial charge in [0.2, 0.25) is 0 Å². The molecule has 0 aromatic carbocycles. The Labute approximate surface area is 101 Å². The molecule has 2 aliphatic heterocycles. The number of hydrogen-bond acceptors (Lipinski definition) is 2. The van der Waals surface area contributed by atoms with Crippen molar-refractivity contribution in [2.75, 3.05) is 19.6 Å². The third-order valence-electron chi connectivity index (χ3n) is 4.39. The predicted octanol–water partition coefficient (Wildman–Crippen LogP) is 2.59. The largest absolute Gasteiger partial charge is 0.299 e. The second-order valence-electron chi connectivity index (χ2n) is 6.95. The molecule has 2 heteroatoms. The molecule has 94 valence electrons. The maximum absolute atomic E-state index is 2.73. The Morgan fingerprint density at radius 2 is 1.75 bits per heavy atom. The van der Waals surface area contributed by atoms with Gasteiger partial charge >= 0.3 is 0 Å². The van der Waals surface area contributed by atoms with Crippen LogP contribution in [0.5, 0.6) is 0 Å². The molecule has 0 spiro atoms. The highest BCUT2D eigenvalue weighted by atomic mass is 15.3. The third kappa shape index (κ3) is 2.43. The zero-order valence-corrected chi connectivity index (χ0v) is 11.7. The lowest BCUT2D eigenvalue weighted by Crippen LogP contribution is -2.45. The van der Waals surface area contributed by atoms with E-state index in [2.05, 4.69) is 44.4 Å². The summed E-state index contributed by atoms with van der Waals surface area (Å²) >= 11 is 0. The molecule has 3 atom stereocenters. The molecule has 0 aromatic heterocycles. The lowest BCUT2D eigenvalue weighted by Gasteiger charge is -2.35. The van der Waals surface area contributed by atoms with E-state index in [9.17, 15) is 0 Å². The van der Waals surface area contributed by atoms with Gasteiger partial charge in [-0.2, -0.15) is 0 Å². The quantitative estimate of drug-likeness (QED) is 0.675. The van der Waals surface area contributed by atoms with Crippen molar-refractivity contribution in [1.82, 2.24) is 9.80 Å². The Bertz CT molecular complexity index is 244. The normalized spacial score (nSPS) is 38.4. The monoisotopic (exact) mass is 224 g/mol. The van der Waals surface area contributed by atoms with Gasteiger partial charge in [-0.3, -0.25) is 9.80 Å². The Morgan fingerprint density at radius 1 is 1.06 bits per heavy atom. The van der Waals surface area contributed by atoms with E-state index in [4.69, 9.17) is 0 Å². The average Bonchev–Trinajstić information content (AvgIpc) is 2.70. The zero-order valence-electron chi connectivity index (χ0n) is 11.7. The van der Waals surface area contributed by atoms with Gasteiger partial charge in [0.25, 0.3) is 0 Å². The Hall–Kier alpha value is -0.0800. The van der Waals surface area contributed by atoms with Crippen molar-refractivity contribution in [2.24, 2.45) is 5.92 Å². The van der Waals surface area contributed by atoms with Gasteiger partial charge in [-0.05, 0) is 53.0 Å². The highest BCUT2D eigenvalue weighted by Crippen LogP contribution is 2.31. The van der Waals surface area contributed by atoms with Crippen LogP contribution in [0.2, 0.25) is 0 Å². The second kappa shape index (κ2) is 4.30. The summed E-state index contributed by atoms with van der Waals surface area (Å²) in [4.78, 5) is 5.41. The van der Waals surface area contributed by atoms with Crippen molar-refractivity contribution in [3.05, 3.63) is 0 Å². The van der Waals surface area contributed by atoms with Crippen LogP contribution in [0.1, 0.15) is 47.5 Å². The lowest BCUT2D eigenvalue weighted by molar-refractivity contribution is 0.120. The van der Waals surface area contributed by atoms with E-state index in [0.717, 1.165) is 18.0 Å². The predicted molar refractivity (Wildman–Crippen MR) is 69.7 cm³/mol. The molecule has 0 N–H and O–H groups in total. The van der Waals surface area contributed by atoms with Crippen molar-refractivity contribution in [3.63, 3.8) is 0 Å². The molecular weight excluding hydrogens is 196 g/mol. The van der Waals surface area contributed by atoms with Crippen molar-refractivity contribution in [3.8, 4) is 0 Å². The number of likely N-dealkylation sites (tertiary alicyclic amines) is 2. The minimum Gasteiger partial charge on any atom is -0.299 e. The van der Waals surface area contributed by atoms with Crippen LogP contribution in [-0.4, -0.2) is 47.1 Å². The standard InChI is InChI=1S/C14H28N2/c1-11-6-7-15(9-11)13-8-12(2)16(10-13)14(3,4)5/h11-13H,6-10H2,1-5H3/t11?,12-,13?/m0/s1. The summed E-state index contributed by atoms with van der Waals surface area (Å²) in [6, 6.07) is 1.57. The van der Waals surface area contributed by atoms with E-state index >= 15 is 0 Å². The molecule has 0 aromatic rings. The number of nitrogens with zero attached hydrogens (tertiary/aromatic N) is 2. The van der Waals surface area contributed by atoms with Gasteiger partial charge in [-0.1, -0.05) is 6.92 Å². The van der Waals surface area contributed by atoms with Crippen LogP contribution in [0, 0.1) is 5.92 Å². The van der Waals surface area contributed by atoms with Gasteiger partial charge in [0.15, 0.2) is 0 Å². The highest BCUT2D eigenvalue weighted by Gasteiger charge is 2.39. The van der Waals surface area contributed by atoms with Crippen LogP contribution in [0.25, 0.3) is 0 Å². The molecule has 2 nitrogen and oxygen atoms in total. The van der Waals surface area contributed by atoms with Crippen LogP contribution in [-0.2, 0) is 0 Å². The summed E-state index contributed by atoms with van der Waals surface area (Å²) in [7, 11) is 0. The molecule has 2 unspecified atom stereocenters. The van der Waals surface area contributed by atoms with Crippen LogP contribution >= 0.6 is 0 Å². The van der Waals surface area contributed by atoms with Crippen LogP contribution < -0.4 is 0 Å². The van der Waals surface area contributed by atoms with Crippen molar-refractivity contribution in [1.29, 1.82) is 0 Å². The zero-order chi connectivity index (χ0) is 11.9. The van der Waals surface area contributed by atoms with E-state index in [1.165, 1.54) is 32.5 Å². The lowest BCUT2D eigenvalue weighted by atomic mass is 10.1. The number of hydrogen-bond donors (Lipinski definition) is 0. The van der Waals surface area contributed by atoms with Gasteiger partial charge < -0.3 is 0 Å². The fraction of sp³-hybridized carbons (Fsp3) is 1.00. The molecule has 0 amide bonds. The minimum absolute atomic E-state index is 0.333. The van der Waals surface area contributed by atoms with E-state index in [1.807, 2.05) is 0 Å². The molecule has 2 aliphatic rings. The molecule has 0 saturated carbocycles. The smallest absolute Gasteiger partial charge is 0.0238 e. The van der Waals surface area contributed by atoms with E-state index in [-0.39, 0.29) is 0 Å². The fourth-order valence-corrected chi connectivity index (χ4v) is 3.50. The molecule has 0 bridgehead atoms. The van der Waals surface area contributed by atoms with Gasteiger partial charge in [0.05, 0.1) is 0 Å². The van der Waals surface area contributed by atoms with Crippen LogP contribution in [0.3, 0.4) is 0 Å². The first-order chi connectivity index (χ1) is 7.38. The van der Waals surface area contributed by atoms with Gasteiger partial charge in [-0.15, -0.1) is 0 Å². The van der Waals surface area contributed by atoms with Crippen molar-refractivity contribution < 1.29 is 0 Å². The first-order valence-electron chi connectivity index (χ1n) is 6.88. The average molecular weight is 224 g/mol. The fourth-order valence-electron chi connectivity index (χ4n) is 3.50. The summed E-state index contributed by atoms with van der Waals surface area (Å²) < 4.78 is 0. The maximum atomic E-state index is 2.73. The molecule has 2 heterocycles. The molecule has 0 radical (unpaired) electrons. The van der Waals surface area contributed by atoms with Crippen molar-refractivity contribution >= 4 is 0 Å². The minimum atomic E-state index is 0.333. The molecule has 2 saturated heterocycles. The molecule has 16 heavy (non-hydrogen) atoms. The summed E-state index contributed by atoms with van der Waals surface area (Å²) in [5.74, 6) is 0.916. The van der Waals surface area contributed by atoms with Crippen LogP contribution in [0.4, 0.5) is 0 Å². The third-order valence-corrected chi connectivity index (χ3v) is 4.39. The van der Waals surface area contributed by atoms with Gasteiger partial charge in [-0.25, -0.2) is 0 Å². The molecular formula is C14H28N2. The van der Waals surface area contributed by atoms with E-state index in [1.54, 1.807) is 0 Å². The highest BCUT2D eigenvalue weighted by molar-refractivity contribution is 4.95. The summed E-state index contributed by atoms with van der Waals surface area (Å²) in [6.45, 7) is 15.8. The number of rotatable bonds is 1. The van der Waals surface area contributed by atoms with Gasteiger partial charge in [0.1, 0.15) is 0 Å². The van der Waals surface area contributed by atoms with E-state index in [0.29, 0.717) is 5.54 Å².